The average molecular weight is 331 g/mol. The third-order valence-electron chi connectivity index (χ3n) is 3.45. The molecule has 0 saturated heterocycles. The van der Waals surface area contributed by atoms with E-state index in [1.165, 1.54) is 30.9 Å². The van der Waals surface area contributed by atoms with Crippen molar-refractivity contribution in [3.05, 3.63) is 54.9 Å². The molecule has 0 aliphatic carbocycles. The molecule has 9 heteroatoms. The maximum atomic E-state index is 14.0. The fraction of sp³-hybridized carbons (Fsp3) is 0. The molecule has 1 aromatic carbocycles. The van der Waals surface area contributed by atoms with Gasteiger partial charge >= 0.3 is 0 Å². The van der Waals surface area contributed by atoms with Crippen LogP contribution in [-0.4, -0.2) is 28.0 Å². The molecule has 2 N–H and O–H groups in total. The van der Waals surface area contributed by atoms with Gasteiger partial charge in [0, 0.05) is 17.9 Å². The van der Waals surface area contributed by atoms with Crippen molar-refractivity contribution in [2.75, 3.05) is 4.72 Å². The molecule has 23 heavy (non-hydrogen) atoms. The van der Waals surface area contributed by atoms with Gasteiger partial charge < -0.3 is 4.98 Å². The van der Waals surface area contributed by atoms with Crippen molar-refractivity contribution in [2.45, 2.75) is 4.90 Å². The summed E-state index contributed by atoms with van der Waals surface area (Å²) in [5.74, 6) is -0.599. The van der Waals surface area contributed by atoms with Gasteiger partial charge in [0.2, 0.25) is 0 Å². The first kappa shape index (κ1) is 13.7. The topological polar surface area (TPSA) is 92.2 Å². The van der Waals surface area contributed by atoms with Crippen LogP contribution in [0.3, 0.4) is 0 Å². The molecule has 0 aliphatic rings. The van der Waals surface area contributed by atoms with E-state index in [1.807, 2.05) is 0 Å². The summed E-state index contributed by atoms with van der Waals surface area (Å²) in [6.07, 6.45) is 4.27. The number of fused-ring (bicyclic) bond motifs is 2. The number of pyridine rings is 1. The van der Waals surface area contributed by atoms with Crippen molar-refractivity contribution < 1.29 is 12.8 Å². The van der Waals surface area contributed by atoms with E-state index in [0.717, 1.165) is 0 Å². The molecule has 116 valence electrons. The van der Waals surface area contributed by atoms with Crippen LogP contribution < -0.4 is 4.72 Å². The van der Waals surface area contributed by atoms with E-state index >= 15 is 0 Å². The summed E-state index contributed by atoms with van der Waals surface area (Å²) in [6.45, 7) is 0. The second-order valence-corrected chi connectivity index (χ2v) is 6.59. The molecule has 0 fully saturated rings. The zero-order valence-corrected chi connectivity index (χ0v) is 12.4. The Hall–Kier alpha value is -2.94. The molecule has 0 spiro atoms. The van der Waals surface area contributed by atoms with Gasteiger partial charge in [-0.1, -0.05) is 6.07 Å². The lowest BCUT2D eigenvalue weighted by Crippen LogP contribution is -2.13. The van der Waals surface area contributed by atoms with Gasteiger partial charge in [0.25, 0.3) is 10.0 Å². The number of aromatic nitrogens is 4. The van der Waals surface area contributed by atoms with Crippen LogP contribution in [0, 0.1) is 5.82 Å². The second kappa shape index (κ2) is 4.78. The van der Waals surface area contributed by atoms with Crippen LogP contribution in [-0.2, 0) is 10.0 Å². The minimum Gasteiger partial charge on any atom is -0.360 e. The highest BCUT2D eigenvalue weighted by atomic mass is 32.2. The summed E-state index contributed by atoms with van der Waals surface area (Å²) >= 11 is 0. The lowest BCUT2D eigenvalue weighted by molar-refractivity contribution is 0.600. The molecule has 7 nitrogen and oxygen atoms in total. The first-order valence-corrected chi connectivity index (χ1v) is 8.11. The molecular formula is C14H10FN5O2S. The number of sulfonamides is 1. The van der Waals surface area contributed by atoms with Crippen molar-refractivity contribution in [3.8, 4) is 0 Å². The largest absolute Gasteiger partial charge is 0.360 e. The van der Waals surface area contributed by atoms with Crippen molar-refractivity contribution in [1.82, 2.24) is 19.6 Å². The molecule has 3 aromatic heterocycles. The van der Waals surface area contributed by atoms with E-state index in [-0.39, 0.29) is 10.3 Å². The van der Waals surface area contributed by atoms with Crippen LogP contribution in [0.1, 0.15) is 0 Å². The molecule has 0 bridgehead atoms. The number of hydrogen-bond donors (Lipinski definition) is 2. The van der Waals surface area contributed by atoms with Crippen LogP contribution in [0.15, 0.2) is 53.9 Å². The van der Waals surface area contributed by atoms with Crippen molar-refractivity contribution in [1.29, 1.82) is 0 Å². The number of halogens is 1. The van der Waals surface area contributed by atoms with Gasteiger partial charge in [0.1, 0.15) is 17.0 Å². The lowest BCUT2D eigenvalue weighted by atomic mass is 10.2. The Labute approximate surface area is 129 Å². The fourth-order valence-corrected chi connectivity index (χ4v) is 3.65. The number of aromatic amines is 1. The standard InChI is InChI=1S/C14H10FN5O2S/c15-10-2-1-3-11-14(10)12(6-16-11)23(21,22)19-9-4-5-13-18-17-8-20(13)7-9/h1-8,16,19H. The predicted molar refractivity (Wildman–Crippen MR) is 82.1 cm³/mol. The van der Waals surface area contributed by atoms with Crippen molar-refractivity contribution in [3.63, 3.8) is 0 Å². The summed E-state index contributed by atoms with van der Waals surface area (Å²) in [4.78, 5) is 2.62. The van der Waals surface area contributed by atoms with Crippen LogP contribution in [0.4, 0.5) is 10.1 Å². The molecule has 0 amide bonds. The number of hydrogen-bond acceptors (Lipinski definition) is 4. The first-order valence-electron chi connectivity index (χ1n) is 6.62. The fourth-order valence-electron chi connectivity index (χ4n) is 2.42. The Morgan fingerprint density at radius 3 is 2.96 bits per heavy atom. The molecule has 0 atom stereocenters. The molecule has 0 radical (unpaired) electrons. The van der Waals surface area contributed by atoms with Crippen LogP contribution in [0.5, 0.6) is 0 Å². The van der Waals surface area contributed by atoms with Crippen LogP contribution in [0.25, 0.3) is 16.6 Å². The monoisotopic (exact) mass is 331 g/mol. The predicted octanol–water partition coefficient (Wildman–Crippen LogP) is 2.15. The lowest BCUT2D eigenvalue weighted by Gasteiger charge is -2.07. The number of benzene rings is 1. The van der Waals surface area contributed by atoms with E-state index in [1.54, 1.807) is 22.6 Å². The molecule has 3 heterocycles. The molecule has 0 aliphatic heterocycles. The molecule has 4 aromatic rings. The van der Waals surface area contributed by atoms with Gasteiger partial charge in [-0.2, -0.15) is 0 Å². The molecule has 4 rings (SSSR count). The Morgan fingerprint density at radius 2 is 2.09 bits per heavy atom. The Morgan fingerprint density at radius 1 is 1.22 bits per heavy atom. The van der Waals surface area contributed by atoms with Gasteiger partial charge in [-0.15, -0.1) is 10.2 Å². The quantitative estimate of drug-likeness (QED) is 0.602. The highest BCUT2D eigenvalue weighted by Gasteiger charge is 2.21. The summed E-state index contributed by atoms with van der Waals surface area (Å²) < 4.78 is 43.1. The maximum absolute atomic E-state index is 14.0. The van der Waals surface area contributed by atoms with Gasteiger partial charge in [-0.05, 0) is 24.3 Å². The SMILES string of the molecule is O=S(=O)(Nc1ccc2nncn2c1)c1c[nH]c2cccc(F)c12. The average Bonchev–Trinajstić information content (AvgIpc) is 3.13. The first-order chi connectivity index (χ1) is 11.0. The van der Waals surface area contributed by atoms with E-state index < -0.39 is 15.8 Å². The van der Waals surface area contributed by atoms with Crippen molar-refractivity contribution in [2.24, 2.45) is 0 Å². The molecular weight excluding hydrogens is 321 g/mol. The van der Waals surface area contributed by atoms with Gasteiger partial charge in [0.15, 0.2) is 5.65 Å². The highest BCUT2D eigenvalue weighted by Crippen LogP contribution is 2.27. The van der Waals surface area contributed by atoms with Crippen LogP contribution >= 0.6 is 0 Å². The van der Waals surface area contributed by atoms with E-state index in [2.05, 4.69) is 19.9 Å². The second-order valence-electron chi connectivity index (χ2n) is 4.94. The number of rotatable bonds is 3. The minimum atomic E-state index is -3.95. The third-order valence-corrected chi connectivity index (χ3v) is 4.86. The van der Waals surface area contributed by atoms with Gasteiger partial charge in [0.05, 0.1) is 11.1 Å². The van der Waals surface area contributed by atoms with E-state index in [0.29, 0.717) is 16.9 Å². The Kier molecular flexibility index (Phi) is 2.85. The van der Waals surface area contributed by atoms with Crippen molar-refractivity contribution >= 4 is 32.3 Å². The van der Waals surface area contributed by atoms with E-state index in [4.69, 9.17) is 0 Å². The van der Waals surface area contributed by atoms with E-state index in [9.17, 15) is 12.8 Å². The number of nitrogens with zero attached hydrogens (tertiary/aromatic N) is 3. The smallest absolute Gasteiger partial charge is 0.264 e. The molecule has 0 saturated carbocycles. The number of H-pyrrole nitrogens is 1. The third kappa shape index (κ3) is 2.21. The summed E-state index contributed by atoms with van der Waals surface area (Å²) in [5.41, 5.74) is 1.33. The Balaban J connectivity index is 1.80. The zero-order valence-electron chi connectivity index (χ0n) is 11.6. The number of anilines is 1. The number of nitrogens with one attached hydrogen (secondary N) is 2. The minimum absolute atomic E-state index is 0.0328. The van der Waals surface area contributed by atoms with Gasteiger partial charge in [-0.3, -0.25) is 9.12 Å². The highest BCUT2D eigenvalue weighted by molar-refractivity contribution is 7.93. The summed E-state index contributed by atoms with van der Waals surface area (Å²) in [6, 6.07) is 7.53. The maximum Gasteiger partial charge on any atom is 0.264 e. The summed E-state index contributed by atoms with van der Waals surface area (Å²) in [7, 11) is -3.95. The zero-order chi connectivity index (χ0) is 16.0. The normalized spacial score (nSPS) is 12.0. The summed E-state index contributed by atoms with van der Waals surface area (Å²) in [5, 5.41) is 7.60. The molecule has 0 unspecified atom stereocenters. The van der Waals surface area contributed by atoms with Gasteiger partial charge in [-0.25, -0.2) is 12.8 Å². The Bertz CT molecular complexity index is 1130. The van der Waals surface area contributed by atoms with Crippen LogP contribution in [0.2, 0.25) is 0 Å².